The molecule has 28 heavy (non-hydrogen) atoms. The minimum atomic E-state index is -4.51. The molecule has 10 heteroatoms. The number of nitrogens with two attached hydrogens (primary N) is 1. The molecular formula is C18H16ClF2NO5S. The van der Waals surface area contributed by atoms with E-state index in [0.717, 1.165) is 18.2 Å². The van der Waals surface area contributed by atoms with E-state index in [9.17, 15) is 22.0 Å². The van der Waals surface area contributed by atoms with E-state index in [1.807, 2.05) is 0 Å². The average molecular weight is 432 g/mol. The number of aldehydes is 1. The normalized spacial score (nSPS) is 13.4. The third-order valence-electron chi connectivity index (χ3n) is 3.57. The summed E-state index contributed by atoms with van der Waals surface area (Å²) in [5, 5.41) is 0.507. The topological polar surface area (TPSA) is 95.7 Å². The molecule has 2 rings (SSSR count). The highest BCUT2D eigenvalue weighted by molar-refractivity contribution is 7.86. The quantitative estimate of drug-likeness (QED) is 0.297. The fourth-order valence-corrected chi connectivity index (χ4v) is 3.37. The second-order valence-corrected chi connectivity index (χ2v) is 7.66. The number of carbonyl (C=O) groups is 1. The number of hydrogen-bond acceptors (Lipinski definition) is 6. The van der Waals surface area contributed by atoms with Gasteiger partial charge in [-0.15, -0.1) is 0 Å². The predicted molar refractivity (Wildman–Crippen MR) is 98.3 cm³/mol. The van der Waals surface area contributed by atoms with Gasteiger partial charge in [0.1, 0.15) is 11.9 Å². The van der Waals surface area contributed by atoms with Crippen molar-refractivity contribution in [1.82, 2.24) is 0 Å². The first-order valence-corrected chi connectivity index (χ1v) is 9.80. The zero-order valence-corrected chi connectivity index (χ0v) is 16.1. The Morgan fingerprint density at radius 1 is 1.21 bits per heavy atom. The van der Waals surface area contributed by atoms with E-state index in [0.29, 0.717) is 10.6 Å². The summed E-state index contributed by atoms with van der Waals surface area (Å²) in [4.78, 5) is 11.2. The maximum absolute atomic E-state index is 13.7. The van der Waals surface area contributed by atoms with Gasteiger partial charge in [-0.3, -0.25) is 4.79 Å². The zero-order chi connectivity index (χ0) is 20.9. The summed E-state index contributed by atoms with van der Waals surface area (Å²) in [6, 6.07) is 9.61. The molecule has 0 aliphatic heterocycles. The molecule has 0 saturated heterocycles. The molecule has 0 radical (unpaired) electrons. The van der Waals surface area contributed by atoms with Crippen molar-refractivity contribution in [2.45, 2.75) is 18.8 Å². The van der Waals surface area contributed by atoms with E-state index >= 15 is 0 Å². The second-order valence-electron chi connectivity index (χ2n) is 5.66. The van der Waals surface area contributed by atoms with Gasteiger partial charge in [-0.25, -0.2) is 8.78 Å². The van der Waals surface area contributed by atoms with Crippen molar-refractivity contribution in [3.63, 3.8) is 0 Å². The Balaban J connectivity index is 2.17. The summed E-state index contributed by atoms with van der Waals surface area (Å²) in [5.41, 5.74) is 5.82. The fourth-order valence-electron chi connectivity index (χ4n) is 2.19. The molecule has 0 heterocycles. The van der Waals surface area contributed by atoms with Crippen LogP contribution in [0.5, 0.6) is 0 Å². The van der Waals surface area contributed by atoms with Gasteiger partial charge in [0, 0.05) is 10.6 Å². The Morgan fingerprint density at radius 3 is 2.46 bits per heavy atom. The Bertz CT molecular complexity index is 994. The van der Waals surface area contributed by atoms with Gasteiger partial charge in [0.2, 0.25) is 11.6 Å². The molecular weight excluding hydrogens is 416 g/mol. The largest absolute Gasteiger partial charge is 0.469 e. The highest BCUT2D eigenvalue weighted by Gasteiger charge is 2.22. The van der Waals surface area contributed by atoms with Crippen molar-refractivity contribution in [2.24, 2.45) is 5.73 Å². The number of benzene rings is 2. The third kappa shape index (κ3) is 5.67. The standard InChI is InChI=1S/C18H16ClF2NO5S/c1-11(12-5-7-14(19)8-6-12)26-18(22)16(9-23)27-28(24,25)10-13-3-2-4-15(20)17(13)21/h2-9,11H,10,22H2,1H3/b18-16+. The van der Waals surface area contributed by atoms with Crippen LogP contribution in [0, 0.1) is 11.6 Å². The lowest BCUT2D eigenvalue weighted by atomic mass is 10.1. The number of hydrogen-bond donors (Lipinski definition) is 1. The minimum absolute atomic E-state index is 0.0450. The monoisotopic (exact) mass is 431 g/mol. The summed E-state index contributed by atoms with van der Waals surface area (Å²) in [5.74, 6) is -4.93. The van der Waals surface area contributed by atoms with Crippen LogP contribution in [0.15, 0.2) is 54.1 Å². The molecule has 2 N–H and O–H groups in total. The van der Waals surface area contributed by atoms with Gasteiger partial charge in [-0.2, -0.15) is 8.42 Å². The zero-order valence-electron chi connectivity index (χ0n) is 14.6. The van der Waals surface area contributed by atoms with Crippen LogP contribution in [-0.4, -0.2) is 14.7 Å². The van der Waals surface area contributed by atoms with Crippen LogP contribution in [0.2, 0.25) is 5.02 Å². The summed E-state index contributed by atoms with van der Waals surface area (Å²) in [7, 11) is -4.51. The number of allylic oxidation sites excluding steroid dienone is 1. The highest BCUT2D eigenvalue weighted by atomic mass is 35.5. The van der Waals surface area contributed by atoms with Crippen LogP contribution in [0.1, 0.15) is 24.2 Å². The lowest BCUT2D eigenvalue weighted by Crippen LogP contribution is -2.17. The van der Waals surface area contributed by atoms with Crippen molar-refractivity contribution >= 4 is 28.0 Å². The maximum Gasteiger partial charge on any atom is 0.313 e. The van der Waals surface area contributed by atoms with Crippen LogP contribution in [-0.2, 0) is 29.6 Å². The summed E-state index contributed by atoms with van der Waals surface area (Å²) < 4.78 is 61.0. The van der Waals surface area contributed by atoms with Gasteiger partial charge in [-0.1, -0.05) is 35.9 Å². The maximum atomic E-state index is 13.7. The highest BCUT2D eigenvalue weighted by Crippen LogP contribution is 2.23. The molecule has 0 aromatic heterocycles. The van der Waals surface area contributed by atoms with Crippen molar-refractivity contribution < 1.29 is 30.9 Å². The molecule has 150 valence electrons. The molecule has 0 bridgehead atoms. The molecule has 0 fully saturated rings. The minimum Gasteiger partial charge on any atom is -0.469 e. The van der Waals surface area contributed by atoms with E-state index in [1.54, 1.807) is 31.2 Å². The van der Waals surface area contributed by atoms with Crippen LogP contribution in [0.4, 0.5) is 8.78 Å². The molecule has 0 saturated carbocycles. The second kappa shape index (κ2) is 9.03. The Morgan fingerprint density at radius 2 is 1.86 bits per heavy atom. The van der Waals surface area contributed by atoms with Crippen molar-refractivity contribution in [2.75, 3.05) is 0 Å². The number of ether oxygens (including phenoxy) is 1. The van der Waals surface area contributed by atoms with E-state index < -0.39 is 50.8 Å². The number of rotatable bonds is 8. The molecule has 2 aromatic rings. The van der Waals surface area contributed by atoms with Gasteiger partial charge in [0.05, 0.1) is 0 Å². The van der Waals surface area contributed by atoms with E-state index in [2.05, 4.69) is 4.18 Å². The van der Waals surface area contributed by atoms with Crippen molar-refractivity contribution in [3.8, 4) is 0 Å². The van der Waals surface area contributed by atoms with Gasteiger partial charge in [0.25, 0.3) is 0 Å². The molecule has 1 atom stereocenters. The summed E-state index contributed by atoms with van der Waals surface area (Å²) >= 11 is 5.80. The predicted octanol–water partition coefficient (Wildman–Crippen LogP) is 3.57. The van der Waals surface area contributed by atoms with Crippen LogP contribution < -0.4 is 5.73 Å². The van der Waals surface area contributed by atoms with Crippen LogP contribution in [0.3, 0.4) is 0 Å². The lowest BCUT2D eigenvalue weighted by Gasteiger charge is -2.16. The molecule has 1 unspecified atom stereocenters. The van der Waals surface area contributed by atoms with Gasteiger partial charge < -0.3 is 14.7 Å². The molecule has 0 aliphatic carbocycles. The Labute approximate surface area is 165 Å². The third-order valence-corrected chi connectivity index (χ3v) is 4.92. The van der Waals surface area contributed by atoms with Crippen LogP contribution in [0.25, 0.3) is 0 Å². The smallest absolute Gasteiger partial charge is 0.313 e. The van der Waals surface area contributed by atoms with Gasteiger partial charge in [0.15, 0.2) is 17.9 Å². The Hall–Kier alpha value is -2.65. The Kier molecular flexibility index (Phi) is 6.98. The molecule has 0 aliphatic rings. The van der Waals surface area contributed by atoms with E-state index in [4.69, 9.17) is 22.1 Å². The first-order chi connectivity index (χ1) is 13.1. The molecule has 6 nitrogen and oxygen atoms in total. The SMILES string of the molecule is CC(O/C(N)=C(\C=O)OS(=O)(=O)Cc1cccc(F)c1F)c1ccc(Cl)cc1. The van der Waals surface area contributed by atoms with Crippen molar-refractivity contribution in [3.05, 3.63) is 81.9 Å². The summed E-state index contributed by atoms with van der Waals surface area (Å²) in [6.07, 6.45) is -0.608. The summed E-state index contributed by atoms with van der Waals surface area (Å²) in [6.45, 7) is 1.61. The number of halogens is 3. The first kappa shape index (κ1) is 21.6. The van der Waals surface area contributed by atoms with Gasteiger partial charge in [-0.05, 0) is 30.7 Å². The van der Waals surface area contributed by atoms with Crippen molar-refractivity contribution in [1.29, 1.82) is 0 Å². The molecule has 2 aromatic carbocycles. The van der Waals surface area contributed by atoms with E-state index in [-0.39, 0.29) is 6.29 Å². The van der Waals surface area contributed by atoms with Crippen LogP contribution >= 0.6 is 11.6 Å². The fraction of sp³-hybridized carbons (Fsp3) is 0.167. The van der Waals surface area contributed by atoms with E-state index in [1.165, 1.54) is 0 Å². The first-order valence-electron chi connectivity index (χ1n) is 7.85. The molecule has 0 spiro atoms. The average Bonchev–Trinajstić information content (AvgIpc) is 2.63. The lowest BCUT2D eigenvalue weighted by molar-refractivity contribution is -0.107. The molecule has 0 amide bonds. The number of carbonyl (C=O) groups excluding carboxylic acids is 1. The van der Waals surface area contributed by atoms with Gasteiger partial charge >= 0.3 is 10.1 Å².